The molecule has 0 aliphatic rings. The van der Waals surface area contributed by atoms with Crippen LogP contribution in [0.25, 0.3) is 0 Å². The van der Waals surface area contributed by atoms with Gasteiger partial charge >= 0.3 is 5.97 Å². The highest BCUT2D eigenvalue weighted by Gasteiger charge is 2.22. The molecule has 21 heavy (non-hydrogen) atoms. The fraction of sp³-hybridized carbons (Fsp3) is 0.385. The Kier molecular flexibility index (Phi) is 6.16. The highest BCUT2D eigenvalue weighted by atomic mass is 32.2. The zero-order valence-corrected chi connectivity index (χ0v) is 12.5. The summed E-state index contributed by atoms with van der Waals surface area (Å²) in [4.78, 5) is 33.8. The quantitative estimate of drug-likeness (QED) is 0.454. The lowest BCUT2D eigenvalue weighted by Crippen LogP contribution is -2.40. The molecule has 2 N–H and O–H groups in total. The smallest absolute Gasteiger partial charge is 0.326 e. The van der Waals surface area contributed by atoms with Gasteiger partial charge in [0.1, 0.15) is 6.04 Å². The van der Waals surface area contributed by atoms with E-state index in [4.69, 9.17) is 5.11 Å². The van der Waals surface area contributed by atoms with Crippen LogP contribution in [0.4, 0.5) is 5.69 Å². The standard InChI is InChI=1S/C13H16N2O5S/c1-3-4-9(13(17)18)14-12(16)8-5-6-11(21-2)10(7-8)15(19)20/h5-7,9H,3-4H2,1-2H3,(H,14,16)(H,17,18)/t9-/m0/s1. The number of carboxylic acid groups (broad SMARTS) is 1. The summed E-state index contributed by atoms with van der Waals surface area (Å²) in [5.41, 5.74) is -0.0978. The number of nitrogens with zero attached hydrogens (tertiary/aromatic N) is 1. The molecule has 0 aliphatic heterocycles. The number of thioether (sulfide) groups is 1. The second-order valence-corrected chi connectivity index (χ2v) is 5.14. The molecule has 0 heterocycles. The molecule has 0 spiro atoms. The molecule has 1 amide bonds. The molecule has 1 aromatic carbocycles. The van der Waals surface area contributed by atoms with Crippen LogP contribution >= 0.6 is 11.8 Å². The van der Waals surface area contributed by atoms with E-state index in [0.29, 0.717) is 17.7 Å². The average molecular weight is 312 g/mol. The molecule has 0 radical (unpaired) electrons. The zero-order chi connectivity index (χ0) is 16.0. The Labute approximate surface area is 125 Å². The third-order valence-electron chi connectivity index (χ3n) is 2.82. The van der Waals surface area contributed by atoms with Crippen LogP contribution in [-0.4, -0.2) is 34.2 Å². The number of aliphatic carboxylic acids is 1. The summed E-state index contributed by atoms with van der Waals surface area (Å²) in [5, 5.41) is 22.3. The third-order valence-corrected chi connectivity index (χ3v) is 3.60. The van der Waals surface area contributed by atoms with Gasteiger partial charge in [-0.3, -0.25) is 14.9 Å². The number of hydrogen-bond donors (Lipinski definition) is 2. The monoisotopic (exact) mass is 312 g/mol. The molecule has 8 heteroatoms. The minimum Gasteiger partial charge on any atom is -0.480 e. The van der Waals surface area contributed by atoms with Crippen LogP contribution in [0.1, 0.15) is 30.1 Å². The van der Waals surface area contributed by atoms with Crippen molar-refractivity contribution in [2.75, 3.05) is 6.26 Å². The Morgan fingerprint density at radius 2 is 2.14 bits per heavy atom. The Morgan fingerprint density at radius 3 is 2.62 bits per heavy atom. The van der Waals surface area contributed by atoms with Gasteiger partial charge in [0.05, 0.1) is 9.82 Å². The predicted molar refractivity (Wildman–Crippen MR) is 78.7 cm³/mol. The summed E-state index contributed by atoms with van der Waals surface area (Å²) in [5.74, 6) is -1.76. The van der Waals surface area contributed by atoms with Crippen molar-refractivity contribution in [2.24, 2.45) is 0 Å². The second kappa shape index (κ2) is 7.63. The zero-order valence-electron chi connectivity index (χ0n) is 11.7. The summed E-state index contributed by atoms with van der Waals surface area (Å²) in [7, 11) is 0. The van der Waals surface area contributed by atoms with E-state index in [-0.39, 0.29) is 11.3 Å². The molecule has 1 atom stereocenters. The van der Waals surface area contributed by atoms with Gasteiger partial charge in [-0.05, 0) is 24.8 Å². The number of nitro benzene ring substituents is 1. The maximum Gasteiger partial charge on any atom is 0.326 e. The van der Waals surface area contributed by atoms with Crippen LogP contribution in [0, 0.1) is 10.1 Å². The topological polar surface area (TPSA) is 110 Å². The number of carbonyl (C=O) groups is 2. The largest absolute Gasteiger partial charge is 0.480 e. The van der Waals surface area contributed by atoms with Crippen molar-refractivity contribution >= 4 is 29.3 Å². The molecular formula is C13H16N2O5S. The van der Waals surface area contributed by atoms with Gasteiger partial charge in [0, 0.05) is 11.6 Å². The number of nitrogens with one attached hydrogen (secondary N) is 1. The Bertz CT molecular complexity index is 561. The first kappa shape index (κ1) is 17.0. The van der Waals surface area contributed by atoms with Crippen molar-refractivity contribution in [3.05, 3.63) is 33.9 Å². The van der Waals surface area contributed by atoms with Crippen molar-refractivity contribution < 1.29 is 19.6 Å². The number of hydrogen-bond acceptors (Lipinski definition) is 5. The molecule has 114 valence electrons. The van der Waals surface area contributed by atoms with Crippen molar-refractivity contribution in [3.8, 4) is 0 Å². The lowest BCUT2D eigenvalue weighted by atomic mass is 10.1. The van der Waals surface area contributed by atoms with Crippen molar-refractivity contribution in [3.63, 3.8) is 0 Å². The SMILES string of the molecule is CCC[C@H](NC(=O)c1ccc(SC)c([N+](=O)[O-])c1)C(=O)O. The minimum atomic E-state index is -1.12. The molecule has 7 nitrogen and oxygen atoms in total. The maximum atomic E-state index is 12.0. The molecular weight excluding hydrogens is 296 g/mol. The lowest BCUT2D eigenvalue weighted by molar-refractivity contribution is -0.387. The van der Waals surface area contributed by atoms with Gasteiger partial charge in [-0.1, -0.05) is 13.3 Å². The molecule has 0 bridgehead atoms. The van der Waals surface area contributed by atoms with Crippen LogP contribution in [0.2, 0.25) is 0 Å². The summed E-state index contributed by atoms with van der Waals surface area (Å²) < 4.78 is 0. The van der Waals surface area contributed by atoms with Gasteiger partial charge in [-0.25, -0.2) is 4.79 Å². The Balaban J connectivity index is 2.99. The van der Waals surface area contributed by atoms with Crippen molar-refractivity contribution in [2.45, 2.75) is 30.7 Å². The van der Waals surface area contributed by atoms with Crippen LogP contribution < -0.4 is 5.32 Å². The summed E-state index contributed by atoms with van der Waals surface area (Å²) in [6, 6.07) is 3.08. The highest BCUT2D eigenvalue weighted by molar-refractivity contribution is 7.98. The van der Waals surface area contributed by atoms with E-state index in [1.807, 2.05) is 0 Å². The molecule has 0 aliphatic carbocycles. The number of rotatable bonds is 7. The van der Waals surface area contributed by atoms with E-state index < -0.39 is 22.8 Å². The average Bonchev–Trinajstić information content (AvgIpc) is 2.45. The highest BCUT2D eigenvalue weighted by Crippen LogP contribution is 2.28. The van der Waals surface area contributed by atoms with Crippen LogP contribution in [-0.2, 0) is 4.79 Å². The van der Waals surface area contributed by atoms with E-state index in [0.717, 1.165) is 6.07 Å². The van der Waals surface area contributed by atoms with Crippen LogP contribution in [0.15, 0.2) is 23.1 Å². The normalized spacial score (nSPS) is 11.7. The van der Waals surface area contributed by atoms with E-state index in [9.17, 15) is 19.7 Å². The molecule has 0 saturated heterocycles. The maximum absolute atomic E-state index is 12.0. The molecule has 0 saturated carbocycles. The number of benzene rings is 1. The fourth-order valence-electron chi connectivity index (χ4n) is 1.76. The van der Waals surface area contributed by atoms with Crippen LogP contribution in [0.3, 0.4) is 0 Å². The molecule has 1 aromatic rings. The lowest BCUT2D eigenvalue weighted by Gasteiger charge is -2.13. The minimum absolute atomic E-state index is 0.0712. The van der Waals surface area contributed by atoms with Gasteiger partial charge in [0.2, 0.25) is 0 Å². The van der Waals surface area contributed by atoms with Gasteiger partial charge in [-0.15, -0.1) is 11.8 Å². The van der Waals surface area contributed by atoms with Gasteiger partial charge in [0.25, 0.3) is 11.6 Å². The van der Waals surface area contributed by atoms with E-state index in [1.54, 1.807) is 13.2 Å². The second-order valence-electron chi connectivity index (χ2n) is 4.30. The van der Waals surface area contributed by atoms with Gasteiger partial charge in [-0.2, -0.15) is 0 Å². The van der Waals surface area contributed by atoms with E-state index >= 15 is 0 Å². The first-order chi connectivity index (χ1) is 9.90. The number of nitro groups is 1. The number of amides is 1. The van der Waals surface area contributed by atoms with E-state index in [1.165, 1.54) is 23.9 Å². The Hall–Kier alpha value is -2.09. The number of carbonyl (C=O) groups excluding carboxylic acids is 1. The predicted octanol–water partition coefficient (Wildman–Crippen LogP) is 2.30. The summed E-state index contributed by atoms with van der Waals surface area (Å²) in [6.45, 7) is 1.81. The van der Waals surface area contributed by atoms with Gasteiger partial charge in [0.15, 0.2) is 0 Å². The van der Waals surface area contributed by atoms with Crippen molar-refractivity contribution in [1.29, 1.82) is 0 Å². The fourth-order valence-corrected chi connectivity index (χ4v) is 2.31. The van der Waals surface area contributed by atoms with E-state index in [2.05, 4.69) is 5.32 Å². The molecule has 0 fully saturated rings. The summed E-state index contributed by atoms with van der Waals surface area (Å²) in [6.07, 6.45) is 2.60. The first-order valence-electron chi connectivity index (χ1n) is 6.26. The number of carboxylic acids is 1. The van der Waals surface area contributed by atoms with Crippen LogP contribution in [0.5, 0.6) is 0 Å². The molecule has 0 aromatic heterocycles. The molecule has 0 unspecified atom stereocenters. The van der Waals surface area contributed by atoms with Gasteiger partial charge < -0.3 is 10.4 Å². The third kappa shape index (κ3) is 4.45. The Morgan fingerprint density at radius 1 is 1.48 bits per heavy atom. The summed E-state index contributed by atoms with van der Waals surface area (Å²) >= 11 is 1.20. The molecule has 1 rings (SSSR count). The van der Waals surface area contributed by atoms with Crippen molar-refractivity contribution in [1.82, 2.24) is 5.32 Å². The first-order valence-corrected chi connectivity index (χ1v) is 7.49.